The third-order valence-electron chi connectivity index (χ3n) is 2.96. The summed E-state index contributed by atoms with van der Waals surface area (Å²) < 4.78 is 0.985. The van der Waals surface area contributed by atoms with E-state index in [2.05, 4.69) is 35.1 Å². The molecule has 1 N–H and O–H groups in total. The summed E-state index contributed by atoms with van der Waals surface area (Å²) in [6.45, 7) is 6.32. The van der Waals surface area contributed by atoms with Gasteiger partial charge in [-0.1, -0.05) is 36.2 Å². The molecule has 1 rings (SSSR count). The van der Waals surface area contributed by atoms with Crippen molar-refractivity contribution in [1.29, 1.82) is 0 Å². The molecule has 0 fully saturated rings. The summed E-state index contributed by atoms with van der Waals surface area (Å²) in [5.74, 6) is 0.500. The minimum absolute atomic E-state index is 0.000278. The van der Waals surface area contributed by atoms with Crippen molar-refractivity contribution in [2.75, 3.05) is 0 Å². The lowest BCUT2D eigenvalue weighted by atomic mass is 10.0. The first-order chi connectivity index (χ1) is 7.54. The van der Waals surface area contributed by atoms with E-state index >= 15 is 0 Å². The number of nitrogens with one attached hydrogen (secondary N) is 1. The van der Waals surface area contributed by atoms with Crippen molar-refractivity contribution in [2.45, 2.75) is 33.2 Å². The molecular formula is C13H18BrNO. The van der Waals surface area contributed by atoms with Crippen LogP contribution >= 0.6 is 15.9 Å². The van der Waals surface area contributed by atoms with E-state index in [4.69, 9.17) is 0 Å². The Bertz CT molecular complexity index is 347. The van der Waals surface area contributed by atoms with E-state index in [0.717, 1.165) is 10.9 Å². The number of hydrogen-bond donors (Lipinski definition) is 1. The molecule has 16 heavy (non-hydrogen) atoms. The summed E-state index contributed by atoms with van der Waals surface area (Å²) in [5, 5.41) is 3.01. The topological polar surface area (TPSA) is 29.1 Å². The largest absolute Gasteiger partial charge is 0.349 e. The van der Waals surface area contributed by atoms with Crippen molar-refractivity contribution in [3.8, 4) is 0 Å². The zero-order valence-electron chi connectivity index (χ0n) is 9.96. The number of rotatable bonds is 4. The molecule has 0 aromatic heterocycles. The molecule has 0 heterocycles. The maximum atomic E-state index is 11.9. The number of amides is 1. The van der Waals surface area contributed by atoms with E-state index < -0.39 is 0 Å². The van der Waals surface area contributed by atoms with Gasteiger partial charge in [-0.2, -0.15) is 0 Å². The highest BCUT2D eigenvalue weighted by molar-refractivity contribution is 9.10. The smallest absolute Gasteiger partial charge is 0.251 e. The van der Waals surface area contributed by atoms with Crippen molar-refractivity contribution in [3.05, 3.63) is 34.3 Å². The summed E-state index contributed by atoms with van der Waals surface area (Å²) in [5.41, 5.74) is 0.707. The molecule has 1 aromatic carbocycles. The minimum atomic E-state index is 0.000278. The van der Waals surface area contributed by atoms with E-state index in [1.807, 2.05) is 31.2 Å². The predicted octanol–water partition coefficient (Wildman–Crippen LogP) is 3.61. The highest BCUT2D eigenvalue weighted by atomic mass is 79.9. The van der Waals surface area contributed by atoms with Gasteiger partial charge in [-0.3, -0.25) is 4.79 Å². The molecule has 3 heteroatoms. The van der Waals surface area contributed by atoms with Gasteiger partial charge in [0.25, 0.3) is 5.91 Å². The van der Waals surface area contributed by atoms with Gasteiger partial charge in [0, 0.05) is 16.1 Å². The number of carbonyl (C=O) groups excluding carboxylic acids is 1. The fourth-order valence-electron chi connectivity index (χ4n) is 1.39. The van der Waals surface area contributed by atoms with Crippen LogP contribution in [-0.4, -0.2) is 11.9 Å². The molecule has 1 amide bonds. The first kappa shape index (κ1) is 13.2. The third kappa shape index (κ3) is 3.63. The second kappa shape index (κ2) is 6.04. The van der Waals surface area contributed by atoms with Crippen LogP contribution in [0.3, 0.4) is 0 Å². The zero-order chi connectivity index (χ0) is 12.1. The summed E-state index contributed by atoms with van der Waals surface area (Å²) in [6, 6.07) is 7.61. The van der Waals surface area contributed by atoms with Crippen LogP contribution in [0.1, 0.15) is 37.6 Å². The van der Waals surface area contributed by atoms with Crippen molar-refractivity contribution < 1.29 is 4.79 Å². The maximum absolute atomic E-state index is 11.9. The summed E-state index contributed by atoms with van der Waals surface area (Å²) in [7, 11) is 0. The Morgan fingerprint density at radius 1 is 1.31 bits per heavy atom. The third-order valence-corrected chi connectivity index (χ3v) is 3.49. The van der Waals surface area contributed by atoms with E-state index in [1.165, 1.54) is 0 Å². The van der Waals surface area contributed by atoms with Crippen molar-refractivity contribution in [1.82, 2.24) is 5.32 Å². The van der Waals surface area contributed by atoms with Gasteiger partial charge in [0.2, 0.25) is 0 Å². The highest BCUT2D eigenvalue weighted by Crippen LogP contribution is 2.12. The van der Waals surface area contributed by atoms with Crippen LogP contribution in [0.5, 0.6) is 0 Å². The molecule has 0 saturated heterocycles. The van der Waals surface area contributed by atoms with Crippen LogP contribution in [0.4, 0.5) is 0 Å². The van der Waals surface area contributed by atoms with Gasteiger partial charge < -0.3 is 5.32 Å². The molecule has 0 bridgehead atoms. The van der Waals surface area contributed by atoms with Crippen LogP contribution in [0.2, 0.25) is 0 Å². The molecule has 88 valence electrons. The molecule has 0 saturated carbocycles. The Hall–Kier alpha value is -0.830. The molecule has 2 atom stereocenters. The molecule has 0 aliphatic carbocycles. The summed E-state index contributed by atoms with van der Waals surface area (Å²) >= 11 is 3.35. The predicted molar refractivity (Wildman–Crippen MR) is 70.5 cm³/mol. The second-order valence-corrected chi connectivity index (χ2v) is 5.07. The average Bonchev–Trinajstić information content (AvgIpc) is 2.28. The molecule has 0 aliphatic heterocycles. The number of hydrogen-bond acceptors (Lipinski definition) is 1. The standard InChI is InChI=1S/C13H18BrNO/c1-4-9(2)10(3)15-13(16)11-5-7-12(14)8-6-11/h5-10H,4H2,1-3H3,(H,15,16). The Labute approximate surface area is 106 Å². The normalized spacial score (nSPS) is 14.2. The van der Waals surface area contributed by atoms with Crippen LogP contribution in [0.25, 0.3) is 0 Å². The van der Waals surface area contributed by atoms with Gasteiger partial charge in [0.05, 0.1) is 0 Å². The van der Waals surface area contributed by atoms with Crippen molar-refractivity contribution in [2.24, 2.45) is 5.92 Å². The Kier molecular flexibility index (Phi) is 5.00. The van der Waals surface area contributed by atoms with Gasteiger partial charge in [-0.25, -0.2) is 0 Å². The molecule has 2 unspecified atom stereocenters. The Morgan fingerprint density at radius 3 is 2.38 bits per heavy atom. The van der Waals surface area contributed by atoms with Gasteiger partial charge in [-0.05, 0) is 37.1 Å². The number of halogens is 1. The SMILES string of the molecule is CCC(C)C(C)NC(=O)c1ccc(Br)cc1. The van der Waals surface area contributed by atoms with E-state index in [0.29, 0.717) is 11.5 Å². The van der Waals surface area contributed by atoms with Gasteiger partial charge in [-0.15, -0.1) is 0 Å². The highest BCUT2D eigenvalue weighted by Gasteiger charge is 2.13. The van der Waals surface area contributed by atoms with Crippen molar-refractivity contribution >= 4 is 21.8 Å². The molecule has 0 radical (unpaired) electrons. The van der Waals surface area contributed by atoms with E-state index in [9.17, 15) is 4.79 Å². The van der Waals surface area contributed by atoms with Crippen LogP contribution in [0.15, 0.2) is 28.7 Å². The Balaban J connectivity index is 2.62. The van der Waals surface area contributed by atoms with Gasteiger partial charge >= 0.3 is 0 Å². The summed E-state index contributed by atoms with van der Waals surface area (Å²) in [6.07, 6.45) is 1.07. The molecule has 2 nitrogen and oxygen atoms in total. The lowest BCUT2D eigenvalue weighted by Gasteiger charge is -2.19. The van der Waals surface area contributed by atoms with Crippen molar-refractivity contribution in [3.63, 3.8) is 0 Å². The van der Waals surface area contributed by atoms with Gasteiger partial charge in [0.15, 0.2) is 0 Å². The molecule has 0 spiro atoms. The van der Waals surface area contributed by atoms with Crippen LogP contribution < -0.4 is 5.32 Å². The number of carbonyl (C=O) groups is 1. The fourth-order valence-corrected chi connectivity index (χ4v) is 1.65. The summed E-state index contributed by atoms with van der Waals surface area (Å²) in [4.78, 5) is 11.9. The monoisotopic (exact) mass is 283 g/mol. The first-order valence-electron chi connectivity index (χ1n) is 5.61. The lowest BCUT2D eigenvalue weighted by Crippen LogP contribution is -2.36. The molecule has 0 aliphatic rings. The molecule has 1 aromatic rings. The molecular weight excluding hydrogens is 266 g/mol. The minimum Gasteiger partial charge on any atom is -0.349 e. The Morgan fingerprint density at radius 2 is 1.88 bits per heavy atom. The zero-order valence-corrected chi connectivity index (χ0v) is 11.5. The number of benzene rings is 1. The fraction of sp³-hybridized carbons (Fsp3) is 0.462. The second-order valence-electron chi connectivity index (χ2n) is 4.15. The first-order valence-corrected chi connectivity index (χ1v) is 6.40. The van der Waals surface area contributed by atoms with Crippen LogP contribution in [-0.2, 0) is 0 Å². The van der Waals surface area contributed by atoms with Crippen LogP contribution in [0, 0.1) is 5.92 Å². The quantitative estimate of drug-likeness (QED) is 0.899. The average molecular weight is 284 g/mol. The van der Waals surface area contributed by atoms with E-state index in [-0.39, 0.29) is 11.9 Å². The maximum Gasteiger partial charge on any atom is 0.251 e. The van der Waals surface area contributed by atoms with Gasteiger partial charge in [0.1, 0.15) is 0 Å². The van der Waals surface area contributed by atoms with E-state index in [1.54, 1.807) is 0 Å². The lowest BCUT2D eigenvalue weighted by molar-refractivity contribution is 0.0928.